The summed E-state index contributed by atoms with van der Waals surface area (Å²) < 4.78 is 0. The second-order valence-electron chi connectivity index (χ2n) is 7.33. The average molecular weight is 421 g/mol. The summed E-state index contributed by atoms with van der Waals surface area (Å²) in [4.78, 5) is 0. The van der Waals surface area contributed by atoms with E-state index < -0.39 is 12.2 Å². The molecule has 0 aliphatic rings. The second kappa shape index (κ2) is 10.4. The zero-order valence-corrected chi connectivity index (χ0v) is 17.5. The summed E-state index contributed by atoms with van der Waals surface area (Å²) in [6, 6.07) is 37.6. The third-order valence-corrected chi connectivity index (χ3v) is 5.15. The zero-order valence-electron chi connectivity index (χ0n) is 17.5. The fourth-order valence-corrected chi connectivity index (χ4v) is 3.45. The van der Waals surface area contributed by atoms with Crippen LogP contribution in [0.1, 0.15) is 34.5 Å². The van der Waals surface area contributed by atoms with Crippen molar-refractivity contribution in [2.45, 2.75) is 12.2 Å². The lowest BCUT2D eigenvalue weighted by Crippen LogP contribution is -2.16. The van der Waals surface area contributed by atoms with E-state index in [1.54, 1.807) is 0 Å². The van der Waals surface area contributed by atoms with Gasteiger partial charge < -0.3 is 10.2 Å². The molecule has 32 heavy (non-hydrogen) atoms. The van der Waals surface area contributed by atoms with Crippen LogP contribution >= 0.6 is 0 Å². The number of hydrogen-bond acceptors (Lipinski definition) is 4. The van der Waals surface area contributed by atoms with Crippen molar-refractivity contribution in [3.05, 3.63) is 144 Å². The van der Waals surface area contributed by atoms with Crippen LogP contribution in [0.5, 0.6) is 0 Å². The van der Waals surface area contributed by atoms with Gasteiger partial charge in [0, 0.05) is 11.1 Å². The Kier molecular flexibility index (Phi) is 6.98. The zero-order chi connectivity index (χ0) is 22.2. The van der Waals surface area contributed by atoms with Crippen LogP contribution in [0, 0.1) is 0 Å². The summed E-state index contributed by atoms with van der Waals surface area (Å²) in [5, 5.41) is 31.2. The highest BCUT2D eigenvalue weighted by Crippen LogP contribution is 2.22. The van der Waals surface area contributed by atoms with E-state index in [4.69, 9.17) is 0 Å². The van der Waals surface area contributed by atoms with Crippen molar-refractivity contribution in [1.82, 2.24) is 0 Å². The molecule has 0 unspecified atom stereocenters. The van der Waals surface area contributed by atoms with Crippen LogP contribution in [0.2, 0.25) is 0 Å². The fourth-order valence-electron chi connectivity index (χ4n) is 3.45. The van der Waals surface area contributed by atoms with Gasteiger partial charge in [-0.05, 0) is 11.1 Å². The highest BCUT2D eigenvalue weighted by molar-refractivity contribution is 6.07. The van der Waals surface area contributed by atoms with Gasteiger partial charge in [-0.1, -0.05) is 121 Å². The minimum Gasteiger partial charge on any atom is -0.382 e. The maximum absolute atomic E-state index is 11.1. The second-order valence-corrected chi connectivity index (χ2v) is 7.33. The van der Waals surface area contributed by atoms with Crippen LogP contribution in [0.3, 0.4) is 0 Å². The van der Waals surface area contributed by atoms with Crippen LogP contribution < -0.4 is 0 Å². The van der Waals surface area contributed by atoms with Crippen LogP contribution in [0.25, 0.3) is 0 Å². The lowest BCUT2D eigenvalue weighted by molar-refractivity contribution is 0.245. The number of rotatable bonds is 7. The first-order valence-electron chi connectivity index (χ1n) is 10.5. The summed E-state index contributed by atoms with van der Waals surface area (Å²) in [6.07, 6.45) is -1.93. The van der Waals surface area contributed by atoms with Gasteiger partial charge in [-0.25, -0.2) is 0 Å². The minimum absolute atomic E-state index is 0.408. The lowest BCUT2D eigenvalue weighted by Gasteiger charge is -2.16. The molecule has 4 nitrogen and oxygen atoms in total. The number of nitrogens with zero attached hydrogens (tertiary/aromatic N) is 2. The van der Waals surface area contributed by atoms with Gasteiger partial charge in [-0.2, -0.15) is 10.2 Å². The minimum atomic E-state index is -0.965. The SMILES string of the molecule is O[C@@H](/C(=N\N=C(\c1ccccc1)[C@H](O)c1ccccc1)c1ccccc1)c1ccccc1. The van der Waals surface area contributed by atoms with Crippen molar-refractivity contribution in [2.24, 2.45) is 10.2 Å². The van der Waals surface area contributed by atoms with Gasteiger partial charge in [-0.3, -0.25) is 0 Å². The molecular weight excluding hydrogens is 396 g/mol. The van der Waals surface area contributed by atoms with Crippen LogP contribution in [0.15, 0.2) is 132 Å². The normalized spacial score (nSPS) is 14.1. The van der Waals surface area contributed by atoms with Crippen LogP contribution in [-0.4, -0.2) is 21.6 Å². The van der Waals surface area contributed by atoms with Crippen molar-refractivity contribution in [2.75, 3.05) is 0 Å². The third-order valence-electron chi connectivity index (χ3n) is 5.15. The number of benzene rings is 4. The van der Waals surface area contributed by atoms with Crippen LogP contribution in [0.4, 0.5) is 0 Å². The molecule has 0 radical (unpaired) electrons. The molecule has 0 amide bonds. The van der Waals surface area contributed by atoms with Crippen LogP contribution in [-0.2, 0) is 0 Å². The van der Waals surface area contributed by atoms with Crippen molar-refractivity contribution >= 4 is 11.4 Å². The van der Waals surface area contributed by atoms with E-state index in [-0.39, 0.29) is 0 Å². The predicted octanol–water partition coefficient (Wildman–Crippen LogP) is 5.35. The van der Waals surface area contributed by atoms with E-state index in [0.717, 1.165) is 22.3 Å². The number of hydrogen-bond donors (Lipinski definition) is 2. The maximum atomic E-state index is 11.1. The van der Waals surface area contributed by atoms with Gasteiger partial charge in [0.05, 0.1) is 0 Å². The highest BCUT2D eigenvalue weighted by Gasteiger charge is 2.20. The smallest absolute Gasteiger partial charge is 0.123 e. The molecule has 2 atom stereocenters. The fraction of sp³-hybridized carbons (Fsp3) is 0.0714. The first-order valence-corrected chi connectivity index (χ1v) is 10.5. The molecule has 0 aromatic heterocycles. The third kappa shape index (κ3) is 5.06. The summed E-state index contributed by atoms with van der Waals surface area (Å²) in [7, 11) is 0. The Hall–Kier alpha value is -3.86. The van der Waals surface area contributed by atoms with E-state index in [2.05, 4.69) is 10.2 Å². The molecule has 158 valence electrons. The molecule has 0 aliphatic carbocycles. The number of aliphatic hydroxyl groups is 2. The maximum Gasteiger partial charge on any atom is 0.123 e. The van der Waals surface area contributed by atoms with Gasteiger partial charge >= 0.3 is 0 Å². The van der Waals surface area contributed by atoms with Gasteiger partial charge in [0.2, 0.25) is 0 Å². The quantitative estimate of drug-likeness (QED) is 0.313. The molecule has 0 spiro atoms. The largest absolute Gasteiger partial charge is 0.382 e. The topological polar surface area (TPSA) is 65.2 Å². The molecule has 0 saturated heterocycles. The van der Waals surface area contributed by atoms with Crippen molar-refractivity contribution < 1.29 is 10.2 Å². The molecule has 0 saturated carbocycles. The monoisotopic (exact) mass is 420 g/mol. The molecule has 0 aliphatic heterocycles. The summed E-state index contributed by atoms with van der Waals surface area (Å²) >= 11 is 0. The average Bonchev–Trinajstić information content (AvgIpc) is 2.88. The van der Waals surface area contributed by atoms with Crippen molar-refractivity contribution in [3.63, 3.8) is 0 Å². The Bertz CT molecular complexity index is 1080. The number of aliphatic hydroxyl groups excluding tert-OH is 2. The summed E-state index contributed by atoms with van der Waals surface area (Å²) in [6.45, 7) is 0. The first kappa shape index (κ1) is 21.4. The standard InChI is InChI=1S/C28H24N2O2/c31-27(23-17-9-3-10-18-23)25(21-13-5-1-6-14-21)29-30-26(22-15-7-2-8-16-22)28(32)24-19-11-4-12-20-24/h1-20,27-28,31-32H/b29-25-,30-26-/t27-,28-/m1/s1. The van der Waals surface area contributed by atoms with Gasteiger partial charge in [0.25, 0.3) is 0 Å². The van der Waals surface area contributed by atoms with E-state index in [1.807, 2.05) is 121 Å². The van der Waals surface area contributed by atoms with E-state index in [9.17, 15) is 10.2 Å². The molecule has 4 aromatic rings. The van der Waals surface area contributed by atoms with Gasteiger partial charge in [-0.15, -0.1) is 0 Å². The molecule has 4 aromatic carbocycles. The molecule has 4 heteroatoms. The van der Waals surface area contributed by atoms with E-state index in [0.29, 0.717) is 11.4 Å². The van der Waals surface area contributed by atoms with Crippen molar-refractivity contribution in [1.29, 1.82) is 0 Å². The molecule has 0 heterocycles. The molecule has 4 rings (SSSR count). The first-order chi connectivity index (χ1) is 15.7. The highest BCUT2D eigenvalue weighted by atomic mass is 16.3. The van der Waals surface area contributed by atoms with Crippen molar-refractivity contribution in [3.8, 4) is 0 Å². The molecule has 0 bridgehead atoms. The summed E-state index contributed by atoms with van der Waals surface area (Å²) in [5.41, 5.74) is 3.77. The molecule has 2 N–H and O–H groups in total. The van der Waals surface area contributed by atoms with Gasteiger partial charge in [0.15, 0.2) is 0 Å². The van der Waals surface area contributed by atoms with E-state index >= 15 is 0 Å². The molecule has 0 fully saturated rings. The lowest BCUT2D eigenvalue weighted by atomic mass is 9.99. The summed E-state index contributed by atoms with van der Waals surface area (Å²) in [5.74, 6) is 0. The Balaban J connectivity index is 1.82. The Morgan fingerprint density at radius 3 is 1.03 bits per heavy atom. The van der Waals surface area contributed by atoms with Gasteiger partial charge in [0.1, 0.15) is 23.6 Å². The predicted molar refractivity (Wildman–Crippen MR) is 129 cm³/mol. The molecular formula is C28H24N2O2. The Morgan fingerprint density at radius 1 is 0.438 bits per heavy atom. The Labute approximate surface area is 187 Å². The Morgan fingerprint density at radius 2 is 0.719 bits per heavy atom. The van der Waals surface area contributed by atoms with E-state index in [1.165, 1.54) is 0 Å².